The lowest BCUT2D eigenvalue weighted by Gasteiger charge is -2.23. The molecule has 0 aliphatic carbocycles. The van der Waals surface area contributed by atoms with E-state index >= 15 is 0 Å². The van der Waals surface area contributed by atoms with Gasteiger partial charge >= 0.3 is 0 Å². The van der Waals surface area contributed by atoms with Gasteiger partial charge in [0, 0.05) is 31.2 Å². The number of aliphatic imine (C=N–C) groups is 2. The minimum Gasteiger partial charge on any atom is -0.431 e. The lowest BCUT2D eigenvalue weighted by molar-refractivity contribution is -0.115. The first-order valence-electron chi connectivity index (χ1n) is 14.3. The lowest BCUT2D eigenvalue weighted by Crippen LogP contribution is -2.39. The van der Waals surface area contributed by atoms with E-state index in [2.05, 4.69) is 25.4 Å². The van der Waals surface area contributed by atoms with Crippen molar-refractivity contribution in [3.05, 3.63) is 91.0 Å². The average molecular weight is 621 g/mol. The van der Waals surface area contributed by atoms with E-state index in [1.165, 1.54) is 39.6 Å². The molecular formula is C34H48N6O5. The summed E-state index contributed by atoms with van der Waals surface area (Å²) < 4.78 is 3.85. The molecule has 0 aliphatic heterocycles. The highest BCUT2D eigenvalue weighted by atomic mass is 16.5. The Hall–Kier alpha value is -5.55. The second-order valence-corrected chi connectivity index (χ2v) is 6.95. The van der Waals surface area contributed by atoms with Crippen LogP contribution in [0, 0.1) is 11.5 Å². The fourth-order valence-electron chi connectivity index (χ4n) is 2.67. The Morgan fingerprint density at radius 2 is 0.933 bits per heavy atom. The number of carbonyl (C=O) groups is 2. The van der Waals surface area contributed by atoms with Crippen LogP contribution in [-0.4, -0.2) is 58.3 Å². The Balaban J connectivity index is -0.000000390. The zero-order chi connectivity index (χ0) is 35.1. The van der Waals surface area contributed by atoms with Gasteiger partial charge in [-0.05, 0) is 36.4 Å². The molecule has 0 bridgehead atoms. The van der Waals surface area contributed by atoms with E-state index in [-0.39, 0.29) is 24.9 Å². The van der Waals surface area contributed by atoms with Crippen LogP contribution in [0.1, 0.15) is 41.5 Å². The molecule has 0 spiro atoms. The highest BCUT2D eigenvalue weighted by Crippen LogP contribution is 2.14. The maximum absolute atomic E-state index is 12.5. The Morgan fingerprint density at radius 1 is 0.667 bits per heavy atom. The van der Waals surface area contributed by atoms with Crippen LogP contribution >= 0.6 is 0 Å². The molecule has 0 saturated heterocycles. The number of benzene rings is 3. The number of hydrogen-bond acceptors (Lipinski definition) is 9. The smallest absolute Gasteiger partial charge is 0.286 e. The summed E-state index contributed by atoms with van der Waals surface area (Å²) in [7, 11) is 4.08. The molecule has 0 aliphatic rings. The van der Waals surface area contributed by atoms with Crippen molar-refractivity contribution in [1.29, 1.82) is 5.26 Å². The number of hydrogen-bond donors (Lipinski definition) is 2. The number of nitrogens with zero attached hydrogens (tertiary/aromatic N) is 4. The molecule has 3 aromatic carbocycles. The van der Waals surface area contributed by atoms with Gasteiger partial charge in [0.15, 0.2) is 0 Å². The zero-order valence-corrected chi connectivity index (χ0v) is 27.9. The molecule has 11 heteroatoms. The van der Waals surface area contributed by atoms with E-state index in [4.69, 9.17) is 14.9 Å². The highest BCUT2D eigenvalue weighted by Gasteiger charge is 2.15. The molecule has 3 aromatic rings. The molecule has 11 nitrogen and oxygen atoms in total. The normalized spacial score (nSPS) is 7.56. The highest BCUT2D eigenvalue weighted by molar-refractivity contribution is 5.97. The minimum absolute atomic E-state index is 0.0706. The Labute approximate surface area is 268 Å². The molecule has 0 fully saturated rings. The Morgan fingerprint density at radius 3 is 1.18 bits per heavy atom. The standard InChI is InChI=1S/C22H21N3O2.3C2H3NO.3C2H6/c26-21(23-18-10-4-1-5-11-18)16-25(20-14-8-3-9-15-20)17-22(27)24-19-12-6-2-7-13-19;1-4-2-3;2*1-3-2-4;3*1-2/h1-15H,16-17H2,(H,23,26)(H,24,27);3*1H3;3*1-2H3. The lowest BCUT2D eigenvalue weighted by atomic mass is 10.2. The number of carbonyl (C=O) groups excluding carboxylic acids is 4. The molecule has 0 radical (unpaired) electrons. The summed E-state index contributed by atoms with van der Waals surface area (Å²) in [6, 6.07) is 27.9. The van der Waals surface area contributed by atoms with Crippen LogP contribution in [0.3, 0.4) is 0 Å². The second-order valence-electron chi connectivity index (χ2n) is 6.95. The predicted molar refractivity (Wildman–Crippen MR) is 184 cm³/mol. The van der Waals surface area contributed by atoms with Gasteiger partial charge in [-0.1, -0.05) is 96.1 Å². The number of isocyanates is 2. The summed E-state index contributed by atoms with van der Waals surface area (Å²) in [5.74, 6) is -0.366. The van der Waals surface area contributed by atoms with Gasteiger partial charge < -0.3 is 20.3 Å². The molecule has 2 amide bonds. The summed E-state index contributed by atoms with van der Waals surface area (Å²) in [6.45, 7) is 12.1. The molecule has 3 rings (SSSR count). The Kier molecular flexibility index (Phi) is 39.7. The number of amides is 2. The van der Waals surface area contributed by atoms with Crippen molar-refractivity contribution in [2.45, 2.75) is 41.5 Å². The fourth-order valence-corrected chi connectivity index (χ4v) is 2.67. The van der Waals surface area contributed by atoms with E-state index in [0.717, 1.165) is 17.1 Å². The van der Waals surface area contributed by atoms with Crippen LogP contribution in [0.15, 0.2) is 101 Å². The molecule has 0 heterocycles. The zero-order valence-electron chi connectivity index (χ0n) is 27.9. The largest absolute Gasteiger partial charge is 0.431 e. The first-order valence-corrected chi connectivity index (χ1v) is 14.3. The second kappa shape index (κ2) is 38.5. The fraction of sp³-hybridized carbons (Fsp3) is 0.324. The van der Waals surface area contributed by atoms with E-state index < -0.39 is 0 Å². The van der Waals surface area contributed by atoms with Gasteiger partial charge in [-0.25, -0.2) is 19.6 Å². The number of para-hydroxylation sites is 3. The van der Waals surface area contributed by atoms with Gasteiger partial charge in [-0.15, -0.1) is 0 Å². The predicted octanol–water partition coefficient (Wildman–Crippen LogP) is 6.87. The molecule has 0 saturated carbocycles. The summed E-state index contributed by atoms with van der Waals surface area (Å²) >= 11 is 0. The molecule has 0 aromatic heterocycles. The van der Waals surface area contributed by atoms with E-state index in [1.807, 2.05) is 133 Å². The van der Waals surface area contributed by atoms with Crippen molar-refractivity contribution < 1.29 is 23.9 Å². The van der Waals surface area contributed by atoms with Crippen LogP contribution in [0.5, 0.6) is 0 Å². The van der Waals surface area contributed by atoms with Gasteiger partial charge in [-0.2, -0.15) is 5.26 Å². The molecule has 244 valence electrons. The van der Waals surface area contributed by atoms with Gasteiger partial charge in [0.2, 0.25) is 24.0 Å². The molecular weight excluding hydrogens is 572 g/mol. The number of rotatable bonds is 7. The molecule has 45 heavy (non-hydrogen) atoms. The number of nitriles is 1. The maximum Gasteiger partial charge on any atom is 0.286 e. The third kappa shape index (κ3) is 29.7. The first-order chi connectivity index (χ1) is 21.9. The number of anilines is 3. The van der Waals surface area contributed by atoms with Gasteiger partial charge in [0.25, 0.3) is 6.26 Å². The molecule has 2 N–H and O–H groups in total. The van der Waals surface area contributed by atoms with Crippen molar-refractivity contribution in [2.75, 3.05) is 49.8 Å². The average Bonchev–Trinajstić information content (AvgIpc) is 3.12. The van der Waals surface area contributed by atoms with Crippen LogP contribution in [-0.2, 0) is 23.9 Å². The topological polar surface area (TPSA) is 153 Å². The number of methoxy groups -OCH3 is 1. The quantitative estimate of drug-likeness (QED) is 0.166. The van der Waals surface area contributed by atoms with E-state index in [9.17, 15) is 9.59 Å². The molecule has 0 unspecified atom stereocenters. The number of nitrogens with one attached hydrogen (secondary N) is 2. The van der Waals surface area contributed by atoms with Crippen molar-refractivity contribution in [3.63, 3.8) is 0 Å². The summed E-state index contributed by atoms with van der Waals surface area (Å²) in [5, 5.41) is 13.1. The Bertz CT molecular complexity index is 1150. The molecule has 0 atom stereocenters. The summed E-state index contributed by atoms with van der Waals surface area (Å²) in [6.07, 6.45) is 4.04. The van der Waals surface area contributed by atoms with Gasteiger partial charge in [0.1, 0.15) is 0 Å². The van der Waals surface area contributed by atoms with Crippen molar-refractivity contribution in [2.24, 2.45) is 9.98 Å². The van der Waals surface area contributed by atoms with E-state index in [1.54, 1.807) is 4.90 Å². The monoisotopic (exact) mass is 620 g/mol. The van der Waals surface area contributed by atoms with E-state index in [0.29, 0.717) is 0 Å². The van der Waals surface area contributed by atoms with Crippen LogP contribution < -0.4 is 15.5 Å². The van der Waals surface area contributed by atoms with Gasteiger partial charge in [-0.3, -0.25) is 9.59 Å². The van der Waals surface area contributed by atoms with Crippen LogP contribution in [0.2, 0.25) is 0 Å². The van der Waals surface area contributed by atoms with Crippen molar-refractivity contribution in [1.82, 2.24) is 0 Å². The third-order valence-electron chi connectivity index (χ3n) is 4.18. The first kappa shape index (κ1) is 46.4. The maximum atomic E-state index is 12.5. The summed E-state index contributed by atoms with van der Waals surface area (Å²) in [5.41, 5.74) is 2.26. The van der Waals surface area contributed by atoms with Crippen LogP contribution in [0.25, 0.3) is 0 Å². The van der Waals surface area contributed by atoms with Crippen molar-refractivity contribution in [3.8, 4) is 6.26 Å². The third-order valence-corrected chi connectivity index (χ3v) is 4.18. The summed E-state index contributed by atoms with van der Waals surface area (Å²) in [4.78, 5) is 50.3. The minimum atomic E-state index is -0.183. The number of ether oxygens (including phenoxy) is 1. The van der Waals surface area contributed by atoms with Gasteiger partial charge in [0.05, 0.1) is 20.2 Å². The van der Waals surface area contributed by atoms with Crippen LogP contribution in [0.4, 0.5) is 17.1 Å². The SMILES string of the molecule is CC.CC.CC.CN=C=O.CN=C=O.COC#N.O=C(CN(CC(=O)Nc1ccccc1)c1ccccc1)Nc1ccccc1. The van der Waals surface area contributed by atoms with Crippen molar-refractivity contribution >= 4 is 41.0 Å².